The highest BCUT2D eigenvalue weighted by molar-refractivity contribution is 7.99. The zero-order valence-corrected chi connectivity index (χ0v) is 15.3. The van der Waals surface area contributed by atoms with Gasteiger partial charge in [-0.25, -0.2) is 4.98 Å². The van der Waals surface area contributed by atoms with Gasteiger partial charge in [0.1, 0.15) is 0 Å². The Morgan fingerprint density at radius 3 is 2.75 bits per heavy atom. The van der Waals surface area contributed by atoms with Crippen LogP contribution in [0.5, 0.6) is 0 Å². The van der Waals surface area contributed by atoms with Gasteiger partial charge in [0.15, 0.2) is 0 Å². The number of thiophene rings is 1. The van der Waals surface area contributed by atoms with E-state index >= 15 is 0 Å². The molecule has 0 aliphatic rings. The minimum absolute atomic E-state index is 0.607. The molecular formula is C19H23N3S2. The van der Waals surface area contributed by atoms with Crippen LogP contribution >= 0.6 is 23.1 Å². The van der Waals surface area contributed by atoms with Crippen LogP contribution in [-0.4, -0.2) is 20.6 Å². The van der Waals surface area contributed by atoms with Gasteiger partial charge in [-0.05, 0) is 54.2 Å². The number of benzene rings is 1. The van der Waals surface area contributed by atoms with Gasteiger partial charge in [-0.2, -0.15) is 11.8 Å². The van der Waals surface area contributed by atoms with Gasteiger partial charge in [0.2, 0.25) is 0 Å². The van der Waals surface area contributed by atoms with Crippen molar-refractivity contribution < 1.29 is 0 Å². The predicted molar refractivity (Wildman–Crippen MR) is 106 cm³/mol. The molecule has 0 bridgehead atoms. The molecule has 0 saturated heterocycles. The Balaban J connectivity index is 1.51. The number of hydrogen-bond acceptors (Lipinski definition) is 4. The number of anilines is 1. The van der Waals surface area contributed by atoms with Gasteiger partial charge in [0.25, 0.3) is 0 Å². The molecular weight excluding hydrogens is 334 g/mol. The highest BCUT2D eigenvalue weighted by atomic mass is 32.2. The van der Waals surface area contributed by atoms with Crippen molar-refractivity contribution in [1.29, 1.82) is 0 Å². The van der Waals surface area contributed by atoms with Crippen LogP contribution < -0.4 is 5.73 Å². The summed E-state index contributed by atoms with van der Waals surface area (Å²) in [6, 6.07) is 12.6. The molecule has 1 aromatic carbocycles. The van der Waals surface area contributed by atoms with E-state index in [1.54, 1.807) is 0 Å². The lowest BCUT2D eigenvalue weighted by Gasteiger charge is -2.17. The van der Waals surface area contributed by atoms with Crippen molar-refractivity contribution in [3.8, 4) is 0 Å². The number of aromatic nitrogens is 2. The number of rotatable bonds is 9. The van der Waals surface area contributed by atoms with Crippen molar-refractivity contribution in [2.75, 3.05) is 11.5 Å². The first kappa shape index (κ1) is 17.1. The lowest BCUT2D eigenvalue weighted by molar-refractivity contribution is 0.626. The number of aryl methyl sites for hydroxylation is 2. The van der Waals surface area contributed by atoms with Crippen molar-refractivity contribution in [3.05, 3.63) is 70.9 Å². The van der Waals surface area contributed by atoms with E-state index in [0.29, 0.717) is 5.25 Å². The maximum atomic E-state index is 5.75. The molecule has 3 aromatic rings. The number of thioether (sulfide) groups is 1. The number of hydrogen-bond donors (Lipinski definition) is 1. The van der Waals surface area contributed by atoms with Crippen LogP contribution in [0, 0.1) is 0 Å². The molecule has 0 aliphatic carbocycles. The van der Waals surface area contributed by atoms with E-state index in [2.05, 4.69) is 57.2 Å². The Hall–Kier alpha value is -1.72. The van der Waals surface area contributed by atoms with Crippen molar-refractivity contribution in [2.45, 2.75) is 31.1 Å². The van der Waals surface area contributed by atoms with Gasteiger partial charge in [-0.3, -0.25) is 0 Å². The minimum Gasteiger partial charge on any atom is -0.399 e. The standard InChI is InChI=1S/C19H23N3S2/c20-17-5-3-16(4-6-17)9-13-24-19(14-22-11-10-21-15-22)8-7-18-2-1-12-23-18/h1-6,10-12,15,19H,7-9,13-14,20H2. The summed E-state index contributed by atoms with van der Waals surface area (Å²) in [7, 11) is 0. The summed E-state index contributed by atoms with van der Waals surface area (Å²) in [5, 5.41) is 2.77. The van der Waals surface area contributed by atoms with E-state index in [0.717, 1.165) is 30.8 Å². The summed E-state index contributed by atoms with van der Waals surface area (Å²) >= 11 is 3.92. The van der Waals surface area contributed by atoms with Crippen LogP contribution in [0.4, 0.5) is 5.69 Å². The van der Waals surface area contributed by atoms with Gasteiger partial charge in [-0.15, -0.1) is 11.3 Å². The zero-order valence-electron chi connectivity index (χ0n) is 13.7. The SMILES string of the molecule is Nc1ccc(CCSC(CCc2cccs2)Cn2ccnc2)cc1. The van der Waals surface area contributed by atoms with Crippen LogP contribution in [0.3, 0.4) is 0 Å². The Morgan fingerprint density at radius 2 is 2.04 bits per heavy atom. The predicted octanol–water partition coefficient (Wildman–Crippen LogP) is 4.50. The first-order valence-electron chi connectivity index (χ1n) is 8.24. The second-order valence-electron chi connectivity index (χ2n) is 5.86. The third kappa shape index (κ3) is 5.42. The Bertz CT molecular complexity index is 691. The van der Waals surface area contributed by atoms with E-state index < -0.39 is 0 Å². The van der Waals surface area contributed by atoms with Crippen LogP contribution in [0.2, 0.25) is 0 Å². The maximum absolute atomic E-state index is 5.75. The summed E-state index contributed by atoms with van der Waals surface area (Å²) in [6.45, 7) is 1.03. The summed E-state index contributed by atoms with van der Waals surface area (Å²) in [6.07, 6.45) is 9.27. The molecule has 2 N–H and O–H groups in total. The first-order chi connectivity index (χ1) is 11.8. The van der Waals surface area contributed by atoms with Crippen LogP contribution in [0.1, 0.15) is 16.9 Å². The Morgan fingerprint density at radius 1 is 1.17 bits per heavy atom. The Labute approximate surface area is 151 Å². The molecule has 0 aliphatic heterocycles. The largest absolute Gasteiger partial charge is 0.399 e. The monoisotopic (exact) mass is 357 g/mol. The van der Waals surface area contributed by atoms with Gasteiger partial charge in [0, 0.05) is 34.8 Å². The number of nitrogens with zero attached hydrogens (tertiary/aromatic N) is 2. The molecule has 2 heterocycles. The molecule has 0 spiro atoms. The molecule has 3 nitrogen and oxygen atoms in total. The fourth-order valence-electron chi connectivity index (χ4n) is 2.64. The van der Waals surface area contributed by atoms with Gasteiger partial charge < -0.3 is 10.3 Å². The second-order valence-corrected chi connectivity index (χ2v) is 8.30. The lowest BCUT2D eigenvalue weighted by Crippen LogP contribution is -2.14. The third-order valence-electron chi connectivity index (χ3n) is 3.99. The van der Waals surface area contributed by atoms with E-state index in [9.17, 15) is 0 Å². The van der Waals surface area contributed by atoms with E-state index in [1.165, 1.54) is 16.9 Å². The molecule has 0 radical (unpaired) electrons. The van der Waals surface area contributed by atoms with Crippen molar-refractivity contribution in [2.24, 2.45) is 0 Å². The molecule has 2 aromatic heterocycles. The van der Waals surface area contributed by atoms with Crippen LogP contribution in [0.15, 0.2) is 60.5 Å². The number of imidazole rings is 1. The molecule has 0 amide bonds. The number of nitrogens with two attached hydrogens (primary N) is 1. The second kappa shape index (κ2) is 8.94. The summed E-state index contributed by atoms with van der Waals surface area (Å²) in [5.74, 6) is 1.13. The number of nitrogen functional groups attached to an aromatic ring is 1. The molecule has 1 unspecified atom stereocenters. The van der Waals surface area contributed by atoms with E-state index in [-0.39, 0.29) is 0 Å². The third-order valence-corrected chi connectivity index (χ3v) is 6.22. The fourth-order valence-corrected chi connectivity index (χ4v) is 4.62. The molecule has 3 rings (SSSR count). The van der Waals surface area contributed by atoms with E-state index in [4.69, 9.17) is 5.73 Å². The van der Waals surface area contributed by atoms with Crippen LogP contribution in [0.25, 0.3) is 0 Å². The topological polar surface area (TPSA) is 43.8 Å². The molecule has 5 heteroatoms. The van der Waals surface area contributed by atoms with Crippen molar-refractivity contribution in [1.82, 2.24) is 9.55 Å². The normalized spacial score (nSPS) is 12.3. The average Bonchev–Trinajstić information content (AvgIpc) is 3.28. The fraction of sp³-hybridized carbons (Fsp3) is 0.316. The summed E-state index contributed by atoms with van der Waals surface area (Å²) < 4.78 is 2.19. The zero-order chi connectivity index (χ0) is 16.6. The average molecular weight is 358 g/mol. The minimum atomic E-state index is 0.607. The van der Waals surface area contributed by atoms with Gasteiger partial charge in [0.05, 0.1) is 6.33 Å². The highest BCUT2D eigenvalue weighted by Crippen LogP contribution is 2.22. The summed E-state index contributed by atoms with van der Waals surface area (Å²) in [5.41, 5.74) is 7.94. The Kier molecular flexibility index (Phi) is 6.38. The quantitative estimate of drug-likeness (QED) is 0.573. The van der Waals surface area contributed by atoms with Crippen molar-refractivity contribution in [3.63, 3.8) is 0 Å². The van der Waals surface area contributed by atoms with Gasteiger partial charge >= 0.3 is 0 Å². The molecule has 0 fully saturated rings. The van der Waals surface area contributed by atoms with Gasteiger partial charge in [-0.1, -0.05) is 18.2 Å². The molecule has 0 saturated carbocycles. The molecule has 1 atom stereocenters. The smallest absolute Gasteiger partial charge is 0.0946 e. The van der Waals surface area contributed by atoms with Crippen molar-refractivity contribution >= 4 is 28.8 Å². The first-order valence-corrected chi connectivity index (χ1v) is 10.2. The molecule has 126 valence electrons. The highest BCUT2D eigenvalue weighted by Gasteiger charge is 2.11. The lowest BCUT2D eigenvalue weighted by atomic mass is 10.1. The summed E-state index contributed by atoms with van der Waals surface area (Å²) in [4.78, 5) is 5.64. The van der Waals surface area contributed by atoms with E-state index in [1.807, 2.05) is 36.0 Å². The molecule has 24 heavy (non-hydrogen) atoms. The van der Waals surface area contributed by atoms with Crippen LogP contribution in [-0.2, 0) is 19.4 Å². The maximum Gasteiger partial charge on any atom is 0.0946 e.